The number of rotatable bonds is 8. The summed E-state index contributed by atoms with van der Waals surface area (Å²) < 4.78 is 5.32. The maximum absolute atomic E-state index is 12.8. The van der Waals surface area contributed by atoms with E-state index >= 15 is 0 Å². The first kappa shape index (κ1) is 21.7. The van der Waals surface area contributed by atoms with Crippen molar-refractivity contribution in [2.24, 2.45) is 5.41 Å². The number of piperidine rings is 1. The number of aryl methyl sites for hydroxylation is 1. The summed E-state index contributed by atoms with van der Waals surface area (Å²) in [6.45, 7) is 1.47. The standard InChI is InChI=1S/C24H30ClNO3/c1-29-22-7-2-6-20(15-22)16-24(18-27)13-4-14-26(17-24)23(28)8-3-5-19-9-11-21(25)12-10-19/h2,6-7,9-12,15,27H,3-5,8,13-14,16-18H2,1H3/t24-/m0/s1. The molecule has 3 rings (SSSR count). The Morgan fingerprint density at radius 1 is 1.21 bits per heavy atom. The van der Waals surface area contributed by atoms with E-state index in [1.807, 2.05) is 47.4 Å². The number of carbonyl (C=O) groups excluding carboxylic acids is 1. The Morgan fingerprint density at radius 2 is 2.00 bits per heavy atom. The number of nitrogens with zero attached hydrogens (tertiary/aromatic N) is 1. The van der Waals surface area contributed by atoms with Crippen molar-refractivity contribution in [1.29, 1.82) is 0 Å². The molecule has 1 saturated heterocycles. The highest BCUT2D eigenvalue weighted by Gasteiger charge is 2.36. The number of carbonyl (C=O) groups is 1. The lowest BCUT2D eigenvalue weighted by atomic mass is 9.75. The van der Waals surface area contributed by atoms with E-state index in [-0.39, 0.29) is 17.9 Å². The van der Waals surface area contributed by atoms with E-state index in [1.165, 1.54) is 5.56 Å². The third-order valence-electron chi connectivity index (χ3n) is 5.83. The summed E-state index contributed by atoms with van der Waals surface area (Å²) in [6, 6.07) is 15.8. The molecular formula is C24H30ClNO3. The van der Waals surface area contributed by atoms with Gasteiger partial charge in [0.25, 0.3) is 0 Å². The van der Waals surface area contributed by atoms with Gasteiger partial charge in [0, 0.05) is 29.9 Å². The Morgan fingerprint density at radius 3 is 2.72 bits per heavy atom. The lowest BCUT2D eigenvalue weighted by Gasteiger charge is -2.42. The maximum atomic E-state index is 12.8. The molecule has 0 radical (unpaired) electrons. The summed E-state index contributed by atoms with van der Waals surface area (Å²) in [5, 5.41) is 10.9. The van der Waals surface area contributed by atoms with E-state index in [1.54, 1.807) is 7.11 Å². The summed E-state index contributed by atoms with van der Waals surface area (Å²) in [5.41, 5.74) is 2.05. The third kappa shape index (κ3) is 5.97. The lowest BCUT2D eigenvalue weighted by Crippen LogP contribution is -2.48. The molecule has 1 atom stereocenters. The van der Waals surface area contributed by atoms with Gasteiger partial charge in [0.15, 0.2) is 0 Å². The van der Waals surface area contributed by atoms with Gasteiger partial charge < -0.3 is 14.7 Å². The zero-order valence-electron chi connectivity index (χ0n) is 17.1. The summed E-state index contributed by atoms with van der Waals surface area (Å²) in [4.78, 5) is 14.7. The van der Waals surface area contributed by atoms with Crippen molar-refractivity contribution in [2.75, 3.05) is 26.8 Å². The lowest BCUT2D eigenvalue weighted by molar-refractivity contribution is -0.135. The van der Waals surface area contributed by atoms with Gasteiger partial charge in [-0.2, -0.15) is 0 Å². The molecule has 1 amide bonds. The number of halogens is 1. The quantitative estimate of drug-likeness (QED) is 0.689. The molecule has 1 aliphatic rings. The van der Waals surface area contributed by atoms with Crippen LogP contribution in [0.3, 0.4) is 0 Å². The predicted octanol–water partition coefficient (Wildman–Crippen LogP) is 4.52. The van der Waals surface area contributed by atoms with Crippen LogP contribution in [0.25, 0.3) is 0 Å². The maximum Gasteiger partial charge on any atom is 0.222 e. The normalized spacial score (nSPS) is 19.2. The molecule has 2 aromatic rings. The molecule has 29 heavy (non-hydrogen) atoms. The van der Waals surface area contributed by atoms with Crippen molar-refractivity contribution in [1.82, 2.24) is 4.90 Å². The summed E-state index contributed by atoms with van der Waals surface area (Å²) in [7, 11) is 1.66. The zero-order valence-corrected chi connectivity index (χ0v) is 17.8. The smallest absolute Gasteiger partial charge is 0.222 e. The van der Waals surface area contributed by atoms with Crippen molar-refractivity contribution < 1.29 is 14.6 Å². The molecule has 4 nitrogen and oxygen atoms in total. The van der Waals surface area contributed by atoms with Gasteiger partial charge in [0.2, 0.25) is 5.91 Å². The Hall–Kier alpha value is -2.04. The second-order valence-electron chi connectivity index (χ2n) is 8.09. The number of hydrogen-bond acceptors (Lipinski definition) is 3. The molecule has 0 bridgehead atoms. The van der Waals surface area contributed by atoms with E-state index in [0.29, 0.717) is 13.0 Å². The van der Waals surface area contributed by atoms with Crippen LogP contribution in [-0.4, -0.2) is 42.7 Å². The largest absolute Gasteiger partial charge is 0.497 e. The van der Waals surface area contributed by atoms with Gasteiger partial charge in [-0.15, -0.1) is 0 Å². The Labute approximate surface area is 178 Å². The molecule has 0 aromatic heterocycles. The fourth-order valence-corrected chi connectivity index (χ4v) is 4.34. The molecule has 0 aliphatic carbocycles. The molecule has 5 heteroatoms. The highest BCUT2D eigenvalue weighted by molar-refractivity contribution is 6.30. The minimum atomic E-state index is -0.281. The van der Waals surface area contributed by atoms with Crippen LogP contribution in [0.15, 0.2) is 48.5 Å². The van der Waals surface area contributed by atoms with Gasteiger partial charge in [-0.3, -0.25) is 4.79 Å². The number of likely N-dealkylation sites (tertiary alicyclic amines) is 1. The van der Waals surface area contributed by atoms with E-state index in [4.69, 9.17) is 16.3 Å². The van der Waals surface area contributed by atoms with Crippen LogP contribution >= 0.6 is 11.6 Å². The highest BCUT2D eigenvalue weighted by atomic mass is 35.5. The van der Waals surface area contributed by atoms with E-state index < -0.39 is 0 Å². The summed E-state index contributed by atoms with van der Waals surface area (Å²) in [6.07, 6.45) is 4.81. The second-order valence-corrected chi connectivity index (χ2v) is 8.52. The van der Waals surface area contributed by atoms with Crippen molar-refractivity contribution in [3.8, 4) is 5.75 Å². The van der Waals surface area contributed by atoms with Crippen molar-refractivity contribution in [2.45, 2.75) is 38.5 Å². The number of benzene rings is 2. The molecular weight excluding hydrogens is 386 g/mol. The van der Waals surface area contributed by atoms with Crippen LogP contribution < -0.4 is 4.74 Å². The van der Waals surface area contributed by atoms with Crippen LogP contribution in [0, 0.1) is 5.41 Å². The van der Waals surface area contributed by atoms with E-state index in [0.717, 1.165) is 55.0 Å². The average Bonchev–Trinajstić information content (AvgIpc) is 2.75. The van der Waals surface area contributed by atoms with E-state index in [2.05, 4.69) is 6.07 Å². The Balaban J connectivity index is 1.57. The van der Waals surface area contributed by atoms with Crippen molar-refractivity contribution in [3.05, 3.63) is 64.7 Å². The average molecular weight is 416 g/mol. The predicted molar refractivity (Wildman–Crippen MR) is 116 cm³/mol. The minimum absolute atomic E-state index is 0.0821. The van der Waals surface area contributed by atoms with Crippen molar-refractivity contribution in [3.63, 3.8) is 0 Å². The number of amides is 1. The molecule has 156 valence electrons. The molecule has 1 fully saturated rings. The van der Waals surface area contributed by atoms with E-state index in [9.17, 15) is 9.90 Å². The Kier molecular flexibility index (Phi) is 7.57. The monoisotopic (exact) mass is 415 g/mol. The molecule has 0 saturated carbocycles. The Bertz CT molecular complexity index is 808. The zero-order chi connectivity index (χ0) is 20.7. The molecule has 1 heterocycles. The molecule has 2 aromatic carbocycles. The molecule has 0 unspecified atom stereocenters. The number of hydrogen-bond donors (Lipinski definition) is 1. The van der Waals surface area contributed by atoms with Crippen LogP contribution in [0.2, 0.25) is 5.02 Å². The van der Waals surface area contributed by atoms with Crippen LogP contribution in [0.5, 0.6) is 5.75 Å². The first-order chi connectivity index (χ1) is 14.0. The summed E-state index contributed by atoms with van der Waals surface area (Å²) in [5.74, 6) is 1.00. The van der Waals surface area contributed by atoms with Gasteiger partial charge in [0.1, 0.15) is 5.75 Å². The SMILES string of the molecule is COc1cccc(C[C@@]2(CO)CCCN(C(=O)CCCc3ccc(Cl)cc3)C2)c1. The molecule has 1 aliphatic heterocycles. The highest BCUT2D eigenvalue weighted by Crippen LogP contribution is 2.34. The topological polar surface area (TPSA) is 49.8 Å². The number of aliphatic hydroxyl groups is 1. The first-order valence-electron chi connectivity index (χ1n) is 10.3. The number of methoxy groups -OCH3 is 1. The van der Waals surface area contributed by atoms with Crippen molar-refractivity contribution >= 4 is 17.5 Å². The first-order valence-corrected chi connectivity index (χ1v) is 10.7. The van der Waals surface area contributed by atoms with Crippen LogP contribution in [0.1, 0.15) is 36.8 Å². The van der Waals surface area contributed by atoms with Gasteiger partial charge >= 0.3 is 0 Å². The second kappa shape index (κ2) is 10.1. The fourth-order valence-electron chi connectivity index (χ4n) is 4.22. The minimum Gasteiger partial charge on any atom is -0.497 e. The molecule has 0 spiro atoms. The fraction of sp³-hybridized carbons (Fsp3) is 0.458. The summed E-state index contributed by atoms with van der Waals surface area (Å²) >= 11 is 5.92. The van der Waals surface area contributed by atoms with Gasteiger partial charge in [0.05, 0.1) is 13.7 Å². The van der Waals surface area contributed by atoms with Crippen LogP contribution in [0.4, 0.5) is 0 Å². The number of aliphatic hydroxyl groups excluding tert-OH is 1. The third-order valence-corrected chi connectivity index (χ3v) is 6.08. The van der Waals surface area contributed by atoms with Gasteiger partial charge in [-0.05, 0) is 67.5 Å². The van der Waals surface area contributed by atoms with Crippen LogP contribution in [-0.2, 0) is 17.6 Å². The van der Waals surface area contributed by atoms with Gasteiger partial charge in [-0.1, -0.05) is 35.9 Å². The molecule has 1 N–H and O–H groups in total. The van der Waals surface area contributed by atoms with Gasteiger partial charge in [-0.25, -0.2) is 0 Å². The number of ether oxygens (including phenoxy) is 1.